The van der Waals surface area contributed by atoms with E-state index < -0.39 is 0 Å². The predicted molar refractivity (Wildman–Crippen MR) is 111 cm³/mol. The minimum Gasteiger partial charge on any atom is -0.336 e. The number of likely N-dealkylation sites (N-methyl/N-ethyl adjacent to an activating group) is 1. The van der Waals surface area contributed by atoms with Gasteiger partial charge in [-0.2, -0.15) is 0 Å². The van der Waals surface area contributed by atoms with E-state index in [4.69, 9.17) is 5.41 Å². The minimum absolute atomic E-state index is 0.0486. The largest absolute Gasteiger partial charge is 0.336 e. The van der Waals surface area contributed by atoms with Crippen molar-refractivity contribution in [1.29, 1.82) is 5.41 Å². The number of rotatable bonds is 4. The Bertz CT molecular complexity index is 1220. The first-order valence-electron chi connectivity index (χ1n) is 9.77. The molecule has 0 bridgehead atoms. The fourth-order valence-electron chi connectivity index (χ4n) is 3.79. The molecule has 0 radical (unpaired) electrons. The second-order valence-electron chi connectivity index (χ2n) is 7.12. The number of fused-ring (bicyclic) bond motifs is 2. The fourth-order valence-corrected chi connectivity index (χ4v) is 3.79. The van der Waals surface area contributed by atoms with Gasteiger partial charge in [0.15, 0.2) is 0 Å². The number of carbonyl (C=O) groups is 1. The number of hydrogen-bond acceptors (Lipinski definition) is 5. The van der Waals surface area contributed by atoms with Crippen molar-refractivity contribution in [2.75, 3.05) is 32.7 Å². The molecule has 0 spiro atoms. The molecule has 1 fully saturated rings. The van der Waals surface area contributed by atoms with E-state index in [9.17, 15) is 9.59 Å². The Morgan fingerprint density at radius 3 is 2.72 bits per heavy atom. The van der Waals surface area contributed by atoms with Crippen molar-refractivity contribution in [3.05, 3.63) is 64.5 Å². The van der Waals surface area contributed by atoms with Crippen LogP contribution in [0.15, 0.2) is 47.9 Å². The Morgan fingerprint density at radius 2 is 2.03 bits per heavy atom. The number of nitrogens with zero attached hydrogens (tertiary/aromatic N) is 5. The normalized spacial score (nSPS) is 15.1. The van der Waals surface area contributed by atoms with Crippen molar-refractivity contribution in [3.63, 3.8) is 0 Å². The third-order valence-electron chi connectivity index (χ3n) is 5.47. The predicted octanol–water partition coefficient (Wildman–Crippen LogP) is 1.09. The standard InChI is InChI=1S/C21H24N6O2/c1-3-8-27-18(22)15(20(28)25-12-10-24(4-2)11-13-25)14-16-19(27)23-17-7-5-6-9-26(17)21(16)29/h3,5-7,9,14,22H,1,4,8,10-13H2,2H3. The second kappa shape index (κ2) is 7.63. The molecule has 1 saturated heterocycles. The van der Waals surface area contributed by atoms with Gasteiger partial charge in [0.25, 0.3) is 11.5 Å². The SMILES string of the molecule is C=CCn1c(=N)c(C(=O)N2CCN(CC)CC2)cc2c(=O)n3ccccc3nc21. The molecule has 1 N–H and O–H groups in total. The Balaban J connectivity index is 1.90. The van der Waals surface area contributed by atoms with Crippen LogP contribution < -0.4 is 11.0 Å². The van der Waals surface area contributed by atoms with Crippen LogP contribution in [0.1, 0.15) is 17.3 Å². The van der Waals surface area contributed by atoms with E-state index in [-0.39, 0.29) is 29.1 Å². The van der Waals surface area contributed by atoms with Gasteiger partial charge in [-0.1, -0.05) is 19.1 Å². The number of piperazine rings is 1. The molecule has 29 heavy (non-hydrogen) atoms. The van der Waals surface area contributed by atoms with Crippen molar-refractivity contribution >= 4 is 22.6 Å². The highest BCUT2D eigenvalue weighted by Crippen LogP contribution is 2.13. The first-order valence-corrected chi connectivity index (χ1v) is 9.77. The van der Waals surface area contributed by atoms with E-state index >= 15 is 0 Å². The minimum atomic E-state index is -0.256. The quantitative estimate of drug-likeness (QED) is 0.532. The van der Waals surface area contributed by atoms with E-state index in [0.717, 1.165) is 19.6 Å². The molecule has 3 aromatic rings. The van der Waals surface area contributed by atoms with Gasteiger partial charge in [-0.25, -0.2) is 4.98 Å². The number of carbonyl (C=O) groups excluding carboxylic acids is 1. The highest BCUT2D eigenvalue weighted by atomic mass is 16.2. The summed E-state index contributed by atoms with van der Waals surface area (Å²) in [7, 11) is 0. The lowest BCUT2D eigenvalue weighted by Gasteiger charge is -2.34. The summed E-state index contributed by atoms with van der Waals surface area (Å²) in [5.41, 5.74) is 0.898. The van der Waals surface area contributed by atoms with Crippen LogP contribution in [-0.4, -0.2) is 62.4 Å². The average Bonchev–Trinajstić information content (AvgIpc) is 2.75. The van der Waals surface area contributed by atoms with E-state index in [0.29, 0.717) is 29.8 Å². The van der Waals surface area contributed by atoms with E-state index in [1.165, 1.54) is 10.5 Å². The van der Waals surface area contributed by atoms with Crippen LogP contribution in [0, 0.1) is 5.41 Å². The molecule has 150 valence electrons. The zero-order chi connectivity index (χ0) is 20.5. The maximum atomic E-state index is 13.2. The Kier molecular flexibility index (Phi) is 5.02. The highest BCUT2D eigenvalue weighted by molar-refractivity contribution is 5.97. The van der Waals surface area contributed by atoms with Gasteiger partial charge in [0, 0.05) is 38.9 Å². The van der Waals surface area contributed by atoms with E-state index in [1.54, 1.807) is 39.9 Å². The lowest BCUT2D eigenvalue weighted by atomic mass is 10.1. The van der Waals surface area contributed by atoms with Gasteiger partial charge in [0.1, 0.15) is 16.8 Å². The van der Waals surface area contributed by atoms with Crippen molar-refractivity contribution in [2.24, 2.45) is 0 Å². The third kappa shape index (κ3) is 3.25. The van der Waals surface area contributed by atoms with Crippen molar-refractivity contribution < 1.29 is 4.79 Å². The van der Waals surface area contributed by atoms with Crippen LogP contribution in [0.3, 0.4) is 0 Å². The summed E-state index contributed by atoms with van der Waals surface area (Å²) in [5.74, 6) is -0.219. The summed E-state index contributed by atoms with van der Waals surface area (Å²) >= 11 is 0. The van der Waals surface area contributed by atoms with Gasteiger partial charge in [-0.05, 0) is 24.7 Å². The monoisotopic (exact) mass is 392 g/mol. The fraction of sp³-hybridized carbons (Fsp3) is 0.333. The summed E-state index contributed by atoms with van der Waals surface area (Å²) in [5, 5.41) is 8.97. The number of hydrogen-bond donors (Lipinski definition) is 1. The maximum Gasteiger partial charge on any atom is 0.267 e. The molecule has 1 aliphatic rings. The molecule has 3 aromatic heterocycles. The molecular formula is C21H24N6O2. The molecular weight excluding hydrogens is 368 g/mol. The lowest BCUT2D eigenvalue weighted by molar-refractivity contribution is 0.0640. The van der Waals surface area contributed by atoms with Crippen LogP contribution in [0.4, 0.5) is 0 Å². The van der Waals surface area contributed by atoms with Crippen molar-refractivity contribution in [1.82, 2.24) is 23.8 Å². The van der Waals surface area contributed by atoms with Crippen LogP contribution >= 0.6 is 0 Å². The molecule has 4 rings (SSSR count). The summed E-state index contributed by atoms with van der Waals surface area (Å²) in [6.07, 6.45) is 3.29. The lowest BCUT2D eigenvalue weighted by Crippen LogP contribution is -2.49. The molecule has 1 aliphatic heterocycles. The number of amides is 1. The van der Waals surface area contributed by atoms with Crippen LogP contribution in [0.2, 0.25) is 0 Å². The van der Waals surface area contributed by atoms with E-state index in [2.05, 4.69) is 23.4 Å². The zero-order valence-corrected chi connectivity index (χ0v) is 16.5. The number of nitrogens with one attached hydrogen (secondary N) is 1. The van der Waals surface area contributed by atoms with Crippen LogP contribution in [-0.2, 0) is 6.54 Å². The summed E-state index contributed by atoms with van der Waals surface area (Å²) in [6, 6.07) is 6.84. The molecule has 0 aliphatic carbocycles. The van der Waals surface area contributed by atoms with Crippen molar-refractivity contribution in [3.8, 4) is 0 Å². The molecule has 8 nitrogen and oxygen atoms in total. The summed E-state index contributed by atoms with van der Waals surface area (Å²) < 4.78 is 3.03. The van der Waals surface area contributed by atoms with Gasteiger partial charge >= 0.3 is 0 Å². The van der Waals surface area contributed by atoms with Crippen LogP contribution in [0.5, 0.6) is 0 Å². The van der Waals surface area contributed by atoms with Gasteiger partial charge in [0.2, 0.25) is 0 Å². The Morgan fingerprint density at radius 1 is 1.28 bits per heavy atom. The van der Waals surface area contributed by atoms with Gasteiger partial charge in [0.05, 0.1) is 10.9 Å². The number of aromatic nitrogens is 3. The first-order chi connectivity index (χ1) is 14.0. The molecule has 8 heteroatoms. The Hall–Kier alpha value is -3.26. The van der Waals surface area contributed by atoms with Gasteiger partial charge < -0.3 is 14.4 Å². The summed E-state index contributed by atoms with van der Waals surface area (Å²) in [4.78, 5) is 34.9. The molecule has 0 unspecified atom stereocenters. The number of allylic oxidation sites excluding steroid dienone is 1. The average molecular weight is 392 g/mol. The third-order valence-corrected chi connectivity index (χ3v) is 5.47. The topological polar surface area (TPSA) is 86.7 Å². The molecule has 1 amide bonds. The van der Waals surface area contributed by atoms with Crippen LogP contribution in [0.25, 0.3) is 16.7 Å². The Labute approximate surface area is 167 Å². The van der Waals surface area contributed by atoms with E-state index in [1.807, 2.05) is 0 Å². The molecule has 0 aromatic carbocycles. The van der Waals surface area contributed by atoms with Gasteiger partial charge in [-0.3, -0.25) is 19.4 Å². The van der Waals surface area contributed by atoms with Crippen molar-refractivity contribution in [2.45, 2.75) is 13.5 Å². The number of pyridine rings is 2. The zero-order valence-electron chi connectivity index (χ0n) is 16.5. The summed E-state index contributed by atoms with van der Waals surface area (Å²) in [6.45, 7) is 9.94. The highest BCUT2D eigenvalue weighted by Gasteiger charge is 2.24. The molecule has 4 heterocycles. The first kappa shape index (κ1) is 19.1. The molecule has 0 atom stereocenters. The second-order valence-corrected chi connectivity index (χ2v) is 7.12. The van der Waals surface area contributed by atoms with Gasteiger partial charge in [-0.15, -0.1) is 6.58 Å². The smallest absolute Gasteiger partial charge is 0.267 e. The maximum absolute atomic E-state index is 13.2. The molecule has 0 saturated carbocycles.